The maximum Gasteiger partial charge on any atom is 0.252 e. The number of nitrogens with zero attached hydrogens (tertiary/aromatic N) is 2. The standard InChI is InChI=1S/C9H12FN3O/c10-7-1-3-13(4-2-7)8-5-9(14)12-6-11-8/h5-7H,1-4H2,(H,11,12,14). The van der Waals surface area contributed by atoms with E-state index in [-0.39, 0.29) is 5.56 Å². The minimum Gasteiger partial charge on any atom is -0.356 e. The fourth-order valence-electron chi connectivity index (χ4n) is 1.61. The second-order valence-corrected chi connectivity index (χ2v) is 3.43. The second kappa shape index (κ2) is 3.77. The number of hydrogen-bond donors (Lipinski definition) is 1. The van der Waals surface area contributed by atoms with Gasteiger partial charge in [0.25, 0.3) is 5.56 Å². The van der Waals surface area contributed by atoms with Crippen molar-refractivity contribution in [1.82, 2.24) is 9.97 Å². The highest BCUT2D eigenvalue weighted by Crippen LogP contribution is 2.17. The summed E-state index contributed by atoms with van der Waals surface area (Å²) in [6.45, 7) is 1.27. The molecule has 5 heteroatoms. The van der Waals surface area contributed by atoms with Crippen molar-refractivity contribution in [3.05, 3.63) is 22.7 Å². The van der Waals surface area contributed by atoms with Crippen LogP contribution in [0.3, 0.4) is 0 Å². The van der Waals surface area contributed by atoms with Gasteiger partial charge >= 0.3 is 0 Å². The number of aromatic nitrogens is 2. The number of anilines is 1. The van der Waals surface area contributed by atoms with E-state index in [4.69, 9.17) is 0 Å². The summed E-state index contributed by atoms with van der Waals surface area (Å²) in [6.07, 6.45) is 1.72. The van der Waals surface area contributed by atoms with Crippen molar-refractivity contribution in [3.8, 4) is 0 Å². The third-order valence-electron chi connectivity index (χ3n) is 2.41. The zero-order valence-corrected chi connectivity index (χ0v) is 7.74. The summed E-state index contributed by atoms with van der Waals surface area (Å²) in [6, 6.07) is 1.44. The zero-order chi connectivity index (χ0) is 9.97. The lowest BCUT2D eigenvalue weighted by Crippen LogP contribution is -2.35. The van der Waals surface area contributed by atoms with Gasteiger partial charge < -0.3 is 9.88 Å². The van der Waals surface area contributed by atoms with E-state index in [2.05, 4.69) is 9.97 Å². The van der Waals surface area contributed by atoms with Gasteiger partial charge in [-0.1, -0.05) is 0 Å². The van der Waals surface area contributed by atoms with Crippen LogP contribution < -0.4 is 10.5 Å². The molecular weight excluding hydrogens is 185 g/mol. The quantitative estimate of drug-likeness (QED) is 0.721. The van der Waals surface area contributed by atoms with Gasteiger partial charge in [-0.15, -0.1) is 0 Å². The average Bonchev–Trinajstić information content (AvgIpc) is 2.19. The van der Waals surface area contributed by atoms with Gasteiger partial charge in [-0.05, 0) is 12.8 Å². The maximum atomic E-state index is 12.8. The molecule has 0 spiro atoms. The number of alkyl halides is 1. The lowest BCUT2D eigenvalue weighted by molar-refractivity contribution is 0.276. The van der Waals surface area contributed by atoms with E-state index in [0.29, 0.717) is 31.7 Å². The van der Waals surface area contributed by atoms with E-state index in [1.807, 2.05) is 4.90 Å². The fourth-order valence-corrected chi connectivity index (χ4v) is 1.61. The molecule has 0 radical (unpaired) electrons. The van der Waals surface area contributed by atoms with Crippen LogP contribution in [0.2, 0.25) is 0 Å². The third kappa shape index (κ3) is 1.92. The average molecular weight is 197 g/mol. The molecule has 2 heterocycles. The molecule has 0 saturated carbocycles. The molecule has 0 atom stereocenters. The first-order valence-corrected chi connectivity index (χ1v) is 4.69. The number of aromatic amines is 1. The highest BCUT2D eigenvalue weighted by molar-refractivity contribution is 5.36. The SMILES string of the molecule is O=c1cc(N2CCC(F)CC2)nc[nH]1. The summed E-state index contributed by atoms with van der Waals surface area (Å²) in [5.41, 5.74) is -0.169. The van der Waals surface area contributed by atoms with E-state index < -0.39 is 6.17 Å². The Hall–Kier alpha value is -1.39. The summed E-state index contributed by atoms with van der Waals surface area (Å²) in [7, 11) is 0. The fraction of sp³-hybridized carbons (Fsp3) is 0.556. The highest BCUT2D eigenvalue weighted by Gasteiger charge is 2.19. The summed E-state index contributed by atoms with van der Waals surface area (Å²) < 4.78 is 12.8. The largest absolute Gasteiger partial charge is 0.356 e. The molecule has 1 fully saturated rings. The monoisotopic (exact) mass is 197 g/mol. The van der Waals surface area contributed by atoms with Crippen LogP contribution in [-0.4, -0.2) is 29.2 Å². The van der Waals surface area contributed by atoms with Crippen LogP contribution in [0.4, 0.5) is 10.2 Å². The van der Waals surface area contributed by atoms with Crippen LogP contribution in [0, 0.1) is 0 Å². The number of rotatable bonds is 1. The van der Waals surface area contributed by atoms with Crippen molar-refractivity contribution in [1.29, 1.82) is 0 Å². The maximum absolute atomic E-state index is 12.8. The van der Waals surface area contributed by atoms with E-state index in [0.717, 1.165) is 0 Å². The molecule has 4 nitrogen and oxygen atoms in total. The normalized spacial score (nSPS) is 18.5. The van der Waals surface area contributed by atoms with Gasteiger partial charge in [-0.2, -0.15) is 0 Å². The Bertz CT molecular complexity index is 357. The molecule has 1 aromatic rings. The molecule has 1 aliphatic rings. The molecule has 0 aromatic carbocycles. The van der Waals surface area contributed by atoms with Crippen molar-refractivity contribution >= 4 is 5.82 Å². The minimum absolute atomic E-state index is 0.169. The molecule has 1 saturated heterocycles. The number of hydrogen-bond acceptors (Lipinski definition) is 3. The van der Waals surface area contributed by atoms with E-state index in [9.17, 15) is 9.18 Å². The molecule has 0 bridgehead atoms. The van der Waals surface area contributed by atoms with Crippen molar-refractivity contribution in [2.45, 2.75) is 19.0 Å². The van der Waals surface area contributed by atoms with Gasteiger partial charge in [-0.3, -0.25) is 4.79 Å². The smallest absolute Gasteiger partial charge is 0.252 e. The van der Waals surface area contributed by atoms with Crippen molar-refractivity contribution in [2.75, 3.05) is 18.0 Å². The summed E-state index contributed by atoms with van der Waals surface area (Å²) in [4.78, 5) is 19.4. The molecule has 76 valence electrons. The van der Waals surface area contributed by atoms with E-state index in [1.54, 1.807) is 0 Å². The lowest BCUT2D eigenvalue weighted by Gasteiger charge is -2.29. The van der Waals surface area contributed by atoms with E-state index >= 15 is 0 Å². The van der Waals surface area contributed by atoms with Crippen LogP contribution in [0.15, 0.2) is 17.2 Å². The zero-order valence-electron chi connectivity index (χ0n) is 7.74. The highest BCUT2D eigenvalue weighted by atomic mass is 19.1. The Balaban J connectivity index is 2.12. The number of H-pyrrole nitrogens is 1. The predicted octanol–water partition coefficient (Wildman–Crippen LogP) is 0.708. The molecule has 0 amide bonds. The van der Waals surface area contributed by atoms with Crippen molar-refractivity contribution in [2.24, 2.45) is 0 Å². The van der Waals surface area contributed by atoms with Gasteiger partial charge in [-0.25, -0.2) is 9.37 Å². The first-order valence-electron chi connectivity index (χ1n) is 4.69. The molecule has 1 aliphatic heterocycles. The summed E-state index contributed by atoms with van der Waals surface area (Å²) in [5, 5.41) is 0. The Morgan fingerprint density at radius 1 is 1.50 bits per heavy atom. The predicted molar refractivity (Wildman–Crippen MR) is 51.2 cm³/mol. The number of piperidine rings is 1. The van der Waals surface area contributed by atoms with Crippen molar-refractivity contribution in [3.63, 3.8) is 0 Å². The third-order valence-corrected chi connectivity index (χ3v) is 2.41. The van der Waals surface area contributed by atoms with Crippen LogP contribution in [0.25, 0.3) is 0 Å². The molecule has 0 unspecified atom stereocenters. The summed E-state index contributed by atoms with van der Waals surface area (Å²) >= 11 is 0. The van der Waals surface area contributed by atoms with Crippen LogP contribution in [0.1, 0.15) is 12.8 Å². The second-order valence-electron chi connectivity index (χ2n) is 3.43. The Kier molecular flexibility index (Phi) is 2.47. The molecule has 14 heavy (non-hydrogen) atoms. The summed E-state index contributed by atoms with van der Waals surface area (Å²) in [5.74, 6) is 0.639. The first-order chi connectivity index (χ1) is 6.75. The first kappa shape index (κ1) is 9.18. The van der Waals surface area contributed by atoms with Crippen LogP contribution in [0.5, 0.6) is 0 Å². The van der Waals surface area contributed by atoms with Gasteiger partial charge in [0.05, 0.1) is 6.33 Å². The Morgan fingerprint density at radius 2 is 2.21 bits per heavy atom. The van der Waals surface area contributed by atoms with Crippen LogP contribution in [-0.2, 0) is 0 Å². The van der Waals surface area contributed by atoms with Gasteiger partial charge in [0.1, 0.15) is 12.0 Å². The minimum atomic E-state index is -0.701. The Morgan fingerprint density at radius 3 is 2.86 bits per heavy atom. The Labute approximate surface area is 80.8 Å². The van der Waals surface area contributed by atoms with Gasteiger partial charge in [0, 0.05) is 19.2 Å². The molecule has 2 rings (SSSR count). The van der Waals surface area contributed by atoms with E-state index in [1.165, 1.54) is 12.4 Å². The van der Waals surface area contributed by atoms with Gasteiger partial charge in [0.15, 0.2) is 0 Å². The number of halogens is 1. The topological polar surface area (TPSA) is 49.0 Å². The van der Waals surface area contributed by atoms with Gasteiger partial charge in [0.2, 0.25) is 0 Å². The molecule has 1 aromatic heterocycles. The number of nitrogens with one attached hydrogen (secondary N) is 1. The molecule has 0 aliphatic carbocycles. The van der Waals surface area contributed by atoms with Crippen LogP contribution >= 0.6 is 0 Å². The molecule has 1 N–H and O–H groups in total. The lowest BCUT2D eigenvalue weighted by atomic mass is 10.1. The molecular formula is C9H12FN3O. The van der Waals surface area contributed by atoms with Crippen molar-refractivity contribution < 1.29 is 4.39 Å².